The first-order chi connectivity index (χ1) is 19.0. The second-order valence-corrected chi connectivity index (χ2v) is 13.7. The Morgan fingerprint density at radius 1 is 0.744 bits per heavy atom. The fourth-order valence-corrected chi connectivity index (χ4v) is 8.24. The molecule has 1 aromatic rings. The zero-order chi connectivity index (χ0) is 27.6. The minimum absolute atomic E-state index is 0.114. The van der Waals surface area contributed by atoms with Crippen molar-refractivity contribution in [1.82, 2.24) is 0 Å². The number of carbonyl (C=O) groups excluding carboxylic acids is 1. The van der Waals surface area contributed by atoms with Gasteiger partial charge in [0.15, 0.2) is 17.3 Å². The first-order valence-electron chi connectivity index (χ1n) is 16.9. The molecule has 0 N–H and O–H groups in total. The van der Waals surface area contributed by atoms with Crippen molar-refractivity contribution in [3.05, 3.63) is 29.1 Å². The Morgan fingerprint density at radius 2 is 1.31 bits per heavy atom. The Labute approximate surface area is 239 Å². The van der Waals surface area contributed by atoms with Crippen molar-refractivity contribution in [2.45, 2.75) is 143 Å². The summed E-state index contributed by atoms with van der Waals surface area (Å²) >= 11 is 0. The zero-order valence-electron chi connectivity index (χ0n) is 25.5. The molecular formula is C36H57FO2. The Balaban J connectivity index is 1.19. The van der Waals surface area contributed by atoms with Crippen molar-refractivity contribution in [2.24, 2.45) is 35.5 Å². The first kappa shape index (κ1) is 30.6. The minimum Gasteiger partial charge on any atom is -0.490 e. The Hall–Kier alpha value is -1.38. The van der Waals surface area contributed by atoms with E-state index in [1.807, 2.05) is 6.07 Å². The van der Waals surface area contributed by atoms with E-state index in [2.05, 4.69) is 13.8 Å². The summed E-state index contributed by atoms with van der Waals surface area (Å²) < 4.78 is 21.2. The van der Waals surface area contributed by atoms with Gasteiger partial charge in [0.2, 0.25) is 0 Å². The zero-order valence-corrected chi connectivity index (χ0v) is 25.5. The normalized spacial score (nSPS) is 29.7. The molecule has 3 aliphatic rings. The number of Topliss-reactive ketones (excluding diaryl/α,β-unsaturated/α-hetero) is 1. The highest BCUT2D eigenvalue weighted by Crippen LogP contribution is 2.43. The number of hydrogen-bond donors (Lipinski definition) is 0. The van der Waals surface area contributed by atoms with Gasteiger partial charge in [-0.1, -0.05) is 78.1 Å². The molecule has 220 valence electrons. The van der Waals surface area contributed by atoms with Crippen LogP contribution in [0.4, 0.5) is 4.39 Å². The number of rotatable bonds is 13. The summed E-state index contributed by atoms with van der Waals surface area (Å²) in [6.07, 6.45) is 24.2. The summed E-state index contributed by atoms with van der Waals surface area (Å²) in [4.78, 5) is 13.2. The fraction of sp³-hybridized carbons (Fsp3) is 0.806. The van der Waals surface area contributed by atoms with Crippen LogP contribution in [0.5, 0.6) is 5.75 Å². The molecule has 0 atom stereocenters. The van der Waals surface area contributed by atoms with Gasteiger partial charge in [-0.3, -0.25) is 4.79 Å². The van der Waals surface area contributed by atoms with Crippen LogP contribution in [0.2, 0.25) is 0 Å². The molecule has 0 heterocycles. The van der Waals surface area contributed by atoms with E-state index in [4.69, 9.17) is 4.74 Å². The van der Waals surface area contributed by atoms with E-state index in [0.29, 0.717) is 41.7 Å². The van der Waals surface area contributed by atoms with Crippen LogP contribution in [-0.4, -0.2) is 12.4 Å². The average Bonchev–Trinajstić information content (AvgIpc) is 2.96. The molecule has 0 saturated heterocycles. The summed E-state index contributed by atoms with van der Waals surface area (Å²) in [5, 5.41) is 0. The van der Waals surface area contributed by atoms with Gasteiger partial charge in [0.25, 0.3) is 0 Å². The molecule has 3 heteroatoms. The molecule has 3 aliphatic carbocycles. The molecular weight excluding hydrogens is 483 g/mol. The van der Waals surface area contributed by atoms with Gasteiger partial charge in [-0.15, -0.1) is 0 Å². The first-order valence-corrected chi connectivity index (χ1v) is 16.9. The smallest absolute Gasteiger partial charge is 0.168 e. The summed E-state index contributed by atoms with van der Waals surface area (Å²) in [6, 6.07) is 3.53. The third-order valence-electron chi connectivity index (χ3n) is 10.9. The van der Waals surface area contributed by atoms with Gasteiger partial charge in [0, 0.05) is 12.0 Å². The van der Waals surface area contributed by atoms with Gasteiger partial charge in [0.05, 0.1) is 6.61 Å². The summed E-state index contributed by atoms with van der Waals surface area (Å²) in [5.74, 6) is 4.71. The van der Waals surface area contributed by atoms with Crippen LogP contribution in [0.3, 0.4) is 0 Å². The molecule has 39 heavy (non-hydrogen) atoms. The Kier molecular flexibility index (Phi) is 12.2. The number of benzene rings is 1. The van der Waals surface area contributed by atoms with Gasteiger partial charge in [-0.05, 0) is 111 Å². The number of hydrogen-bond acceptors (Lipinski definition) is 2. The number of carbonyl (C=O) groups is 1. The van der Waals surface area contributed by atoms with E-state index in [0.717, 1.165) is 36.5 Å². The molecule has 0 aliphatic heterocycles. The SMILES string of the molecule is CCCCCC1CCC(COc2ccc(C(=O)CC3CCC(C4CCC(CCC)CC4)CC3)c(C)c2F)CC1. The maximum atomic E-state index is 15.2. The highest BCUT2D eigenvalue weighted by Gasteiger charge is 2.32. The number of halogens is 1. The molecule has 0 aromatic heterocycles. The maximum absolute atomic E-state index is 15.2. The molecule has 3 saturated carbocycles. The summed E-state index contributed by atoms with van der Waals surface area (Å²) in [6.45, 7) is 6.92. The molecule has 0 bridgehead atoms. The average molecular weight is 541 g/mol. The van der Waals surface area contributed by atoms with E-state index in [-0.39, 0.29) is 11.6 Å². The van der Waals surface area contributed by atoms with Crippen LogP contribution >= 0.6 is 0 Å². The third kappa shape index (κ3) is 8.80. The van der Waals surface area contributed by atoms with E-state index in [1.165, 1.54) is 103 Å². The maximum Gasteiger partial charge on any atom is 0.168 e. The number of ketones is 1. The monoisotopic (exact) mass is 540 g/mol. The lowest BCUT2D eigenvalue weighted by Gasteiger charge is -2.37. The van der Waals surface area contributed by atoms with Crippen molar-refractivity contribution in [1.29, 1.82) is 0 Å². The van der Waals surface area contributed by atoms with Crippen molar-refractivity contribution in [3.63, 3.8) is 0 Å². The number of unbranched alkanes of at least 4 members (excludes halogenated alkanes) is 2. The lowest BCUT2D eigenvalue weighted by molar-refractivity contribution is 0.0918. The van der Waals surface area contributed by atoms with E-state index in [1.54, 1.807) is 13.0 Å². The third-order valence-corrected chi connectivity index (χ3v) is 10.9. The largest absolute Gasteiger partial charge is 0.490 e. The Morgan fingerprint density at radius 3 is 1.92 bits per heavy atom. The molecule has 2 nitrogen and oxygen atoms in total. The van der Waals surface area contributed by atoms with Crippen LogP contribution in [-0.2, 0) is 0 Å². The van der Waals surface area contributed by atoms with E-state index < -0.39 is 0 Å². The van der Waals surface area contributed by atoms with Gasteiger partial charge < -0.3 is 4.74 Å². The van der Waals surface area contributed by atoms with E-state index in [9.17, 15) is 4.79 Å². The second kappa shape index (κ2) is 15.6. The lowest BCUT2D eigenvalue weighted by Crippen LogP contribution is -2.26. The molecule has 0 radical (unpaired) electrons. The topological polar surface area (TPSA) is 26.3 Å². The molecule has 4 rings (SSSR count). The highest BCUT2D eigenvalue weighted by atomic mass is 19.1. The highest BCUT2D eigenvalue weighted by molar-refractivity contribution is 5.97. The fourth-order valence-electron chi connectivity index (χ4n) is 8.24. The Bertz CT molecular complexity index is 870. The predicted molar refractivity (Wildman–Crippen MR) is 161 cm³/mol. The van der Waals surface area contributed by atoms with Gasteiger partial charge in [-0.2, -0.15) is 0 Å². The lowest BCUT2D eigenvalue weighted by atomic mass is 9.68. The van der Waals surface area contributed by atoms with Gasteiger partial charge in [-0.25, -0.2) is 4.39 Å². The minimum atomic E-state index is -0.337. The van der Waals surface area contributed by atoms with E-state index >= 15 is 4.39 Å². The summed E-state index contributed by atoms with van der Waals surface area (Å²) in [5.41, 5.74) is 1.03. The van der Waals surface area contributed by atoms with Gasteiger partial charge >= 0.3 is 0 Å². The molecule has 1 aromatic carbocycles. The van der Waals surface area contributed by atoms with Crippen molar-refractivity contribution >= 4 is 5.78 Å². The van der Waals surface area contributed by atoms with Crippen LogP contribution in [0.25, 0.3) is 0 Å². The van der Waals surface area contributed by atoms with Gasteiger partial charge in [0.1, 0.15) is 0 Å². The second-order valence-electron chi connectivity index (χ2n) is 13.7. The standard InChI is InChI=1S/C36H57FO2/c1-4-6-7-9-28-10-12-30(13-11-28)25-39-35-23-22-33(26(3)36(35)37)34(38)24-29-16-20-32(21-17-29)31-18-14-27(8-5-2)15-19-31/h22-23,27-32H,4-21,24-25H2,1-3H3. The molecule has 0 spiro atoms. The molecule has 0 amide bonds. The quantitative estimate of drug-likeness (QED) is 0.184. The van der Waals surface area contributed by atoms with Crippen LogP contribution in [0.1, 0.15) is 152 Å². The van der Waals surface area contributed by atoms with Crippen LogP contribution < -0.4 is 4.74 Å². The van der Waals surface area contributed by atoms with Crippen molar-refractivity contribution in [2.75, 3.05) is 6.61 Å². The van der Waals surface area contributed by atoms with Crippen LogP contribution in [0.15, 0.2) is 12.1 Å². The number of ether oxygens (including phenoxy) is 1. The summed E-state index contributed by atoms with van der Waals surface area (Å²) in [7, 11) is 0. The molecule has 3 fully saturated rings. The van der Waals surface area contributed by atoms with Crippen molar-refractivity contribution < 1.29 is 13.9 Å². The van der Waals surface area contributed by atoms with Crippen LogP contribution in [0, 0.1) is 48.2 Å². The predicted octanol–water partition coefficient (Wildman–Crippen LogP) is 10.9. The van der Waals surface area contributed by atoms with Crippen molar-refractivity contribution in [3.8, 4) is 5.75 Å². The molecule has 0 unspecified atom stereocenters.